The monoisotopic (exact) mass is 291 g/mol. The normalized spacial score (nSPS) is 16.5. The molecule has 0 radical (unpaired) electrons. The second-order valence-corrected chi connectivity index (χ2v) is 6.24. The molecule has 0 bridgehead atoms. The average molecular weight is 291 g/mol. The molecule has 20 heavy (non-hydrogen) atoms. The van der Waals surface area contributed by atoms with E-state index in [0.717, 1.165) is 37.8 Å². The van der Waals surface area contributed by atoms with Crippen molar-refractivity contribution in [3.63, 3.8) is 0 Å². The minimum Gasteiger partial charge on any atom is -0.360 e. The molecule has 0 saturated carbocycles. The van der Waals surface area contributed by atoms with Crippen LogP contribution >= 0.6 is 12.2 Å². The van der Waals surface area contributed by atoms with Gasteiger partial charge in [-0.1, -0.05) is 29.8 Å². The molecule has 1 fully saturated rings. The Balaban J connectivity index is 1.79. The summed E-state index contributed by atoms with van der Waals surface area (Å²) in [5, 5.41) is 4.22. The molecule has 1 saturated heterocycles. The van der Waals surface area contributed by atoms with Crippen LogP contribution in [0.2, 0.25) is 0 Å². The smallest absolute Gasteiger partial charge is 0.169 e. The molecule has 4 heteroatoms. The summed E-state index contributed by atoms with van der Waals surface area (Å²) in [7, 11) is 0. The maximum Gasteiger partial charge on any atom is 0.169 e. The molecule has 0 spiro atoms. The number of hydrogen-bond acceptors (Lipinski definition) is 2. The first-order chi connectivity index (χ1) is 9.54. The van der Waals surface area contributed by atoms with E-state index in [0.29, 0.717) is 6.04 Å². The van der Waals surface area contributed by atoms with E-state index in [-0.39, 0.29) is 0 Å². The Morgan fingerprint density at radius 1 is 1.15 bits per heavy atom. The van der Waals surface area contributed by atoms with Gasteiger partial charge in [-0.15, -0.1) is 0 Å². The number of thiocarbonyl (C=S) groups is 1. The van der Waals surface area contributed by atoms with Gasteiger partial charge in [-0.3, -0.25) is 4.90 Å². The van der Waals surface area contributed by atoms with Gasteiger partial charge in [0, 0.05) is 38.8 Å². The zero-order chi connectivity index (χ0) is 14.5. The van der Waals surface area contributed by atoms with Crippen molar-refractivity contribution in [1.82, 2.24) is 15.1 Å². The number of benzene rings is 1. The van der Waals surface area contributed by atoms with E-state index in [9.17, 15) is 0 Å². The molecular formula is C16H25N3S. The van der Waals surface area contributed by atoms with Crippen molar-refractivity contribution in [2.45, 2.75) is 33.4 Å². The number of aryl methyl sites for hydroxylation is 1. The predicted molar refractivity (Wildman–Crippen MR) is 88.9 cm³/mol. The van der Waals surface area contributed by atoms with E-state index in [4.69, 9.17) is 12.2 Å². The van der Waals surface area contributed by atoms with Crippen LogP contribution in [0.15, 0.2) is 24.3 Å². The molecule has 0 amide bonds. The van der Waals surface area contributed by atoms with Gasteiger partial charge < -0.3 is 10.2 Å². The van der Waals surface area contributed by atoms with Crippen molar-refractivity contribution in [3.8, 4) is 0 Å². The lowest BCUT2D eigenvalue weighted by Crippen LogP contribution is -2.52. The lowest BCUT2D eigenvalue weighted by molar-refractivity contribution is 0.174. The van der Waals surface area contributed by atoms with E-state index >= 15 is 0 Å². The van der Waals surface area contributed by atoms with E-state index in [1.54, 1.807) is 0 Å². The molecule has 110 valence electrons. The second-order valence-electron chi connectivity index (χ2n) is 5.85. The first-order valence-electron chi connectivity index (χ1n) is 7.38. The van der Waals surface area contributed by atoms with Crippen molar-refractivity contribution in [3.05, 3.63) is 35.4 Å². The Bertz CT molecular complexity index is 434. The second kappa shape index (κ2) is 7.04. The third-order valence-corrected chi connectivity index (χ3v) is 3.97. The van der Waals surface area contributed by atoms with Gasteiger partial charge in [0.25, 0.3) is 0 Å². The Labute approximate surface area is 128 Å². The van der Waals surface area contributed by atoms with Gasteiger partial charge in [-0.05, 0) is 38.6 Å². The Hall–Kier alpha value is -1.13. The van der Waals surface area contributed by atoms with E-state index in [1.165, 1.54) is 11.1 Å². The zero-order valence-electron chi connectivity index (χ0n) is 12.7. The van der Waals surface area contributed by atoms with Crippen molar-refractivity contribution in [2.24, 2.45) is 0 Å². The summed E-state index contributed by atoms with van der Waals surface area (Å²) in [6.07, 6.45) is 0. The van der Waals surface area contributed by atoms with Crippen LogP contribution < -0.4 is 5.32 Å². The summed E-state index contributed by atoms with van der Waals surface area (Å²) in [5.74, 6) is 0. The first-order valence-corrected chi connectivity index (χ1v) is 7.79. The molecular weight excluding hydrogens is 266 g/mol. The number of rotatable bonds is 3. The third-order valence-electron chi connectivity index (χ3n) is 3.60. The van der Waals surface area contributed by atoms with Crippen LogP contribution in [-0.2, 0) is 6.54 Å². The van der Waals surface area contributed by atoms with Crippen LogP contribution in [0, 0.1) is 6.92 Å². The van der Waals surface area contributed by atoms with E-state index < -0.39 is 0 Å². The molecule has 1 N–H and O–H groups in total. The van der Waals surface area contributed by atoms with Gasteiger partial charge in [-0.2, -0.15) is 0 Å². The molecule has 0 unspecified atom stereocenters. The highest BCUT2D eigenvalue weighted by molar-refractivity contribution is 7.80. The number of piperazine rings is 1. The predicted octanol–water partition coefficient (Wildman–Crippen LogP) is 2.40. The molecule has 1 aromatic rings. The summed E-state index contributed by atoms with van der Waals surface area (Å²) >= 11 is 5.43. The Morgan fingerprint density at radius 3 is 2.30 bits per heavy atom. The van der Waals surface area contributed by atoms with Gasteiger partial charge >= 0.3 is 0 Å². The summed E-state index contributed by atoms with van der Waals surface area (Å²) in [5.41, 5.74) is 2.72. The van der Waals surface area contributed by atoms with Gasteiger partial charge in [0.15, 0.2) is 5.11 Å². The van der Waals surface area contributed by atoms with Crippen LogP contribution in [0.3, 0.4) is 0 Å². The SMILES string of the molecule is Cc1ccc(CN2CCN(C(=S)NC(C)C)CC2)cc1. The molecule has 1 aliphatic heterocycles. The number of nitrogens with zero attached hydrogens (tertiary/aromatic N) is 2. The highest BCUT2D eigenvalue weighted by Crippen LogP contribution is 2.10. The van der Waals surface area contributed by atoms with Crippen molar-refractivity contribution >= 4 is 17.3 Å². The minimum absolute atomic E-state index is 0.410. The Morgan fingerprint density at radius 2 is 1.75 bits per heavy atom. The fraction of sp³-hybridized carbons (Fsp3) is 0.562. The third kappa shape index (κ3) is 4.46. The van der Waals surface area contributed by atoms with Gasteiger partial charge in [0.05, 0.1) is 0 Å². The largest absolute Gasteiger partial charge is 0.360 e. The maximum atomic E-state index is 5.43. The van der Waals surface area contributed by atoms with Crippen LogP contribution in [-0.4, -0.2) is 47.1 Å². The molecule has 3 nitrogen and oxygen atoms in total. The lowest BCUT2D eigenvalue weighted by Gasteiger charge is -2.36. The first kappa shape index (κ1) is 15.3. The quantitative estimate of drug-likeness (QED) is 0.862. The number of nitrogens with one attached hydrogen (secondary N) is 1. The molecule has 1 aliphatic rings. The van der Waals surface area contributed by atoms with Crippen molar-refractivity contribution in [1.29, 1.82) is 0 Å². The van der Waals surface area contributed by atoms with Crippen LogP contribution in [0.4, 0.5) is 0 Å². The highest BCUT2D eigenvalue weighted by atomic mass is 32.1. The summed E-state index contributed by atoms with van der Waals surface area (Å²) in [6, 6.07) is 9.24. The average Bonchev–Trinajstić information content (AvgIpc) is 2.41. The van der Waals surface area contributed by atoms with Gasteiger partial charge in [0.1, 0.15) is 0 Å². The molecule has 1 heterocycles. The summed E-state index contributed by atoms with van der Waals surface area (Å²) in [6.45, 7) is 11.6. The topological polar surface area (TPSA) is 18.5 Å². The van der Waals surface area contributed by atoms with Crippen molar-refractivity contribution < 1.29 is 0 Å². The molecule has 0 aromatic heterocycles. The van der Waals surface area contributed by atoms with Gasteiger partial charge in [0.2, 0.25) is 0 Å². The zero-order valence-corrected chi connectivity index (χ0v) is 13.5. The fourth-order valence-corrected chi connectivity index (χ4v) is 2.82. The minimum atomic E-state index is 0.410. The Kier molecular flexibility index (Phi) is 5.38. The standard InChI is InChI=1S/C16H25N3S/c1-13(2)17-16(20)19-10-8-18(9-11-19)12-15-6-4-14(3)5-7-15/h4-7,13H,8-12H2,1-3H3,(H,17,20). The van der Waals surface area contributed by atoms with Crippen LogP contribution in [0.1, 0.15) is 25.0 Å². The molecule has 1 aromatic carbocycles. The maximum absolute atomic E-state index is 5.43. The molecule has 0 aliphatic carbocycles. The molecule has 2 rings (SSSR count). The van der Waals surface area contributed by atoms with Crippen molar-refractivity contribution in [2.75, 3.05) is 26.2 Å². The van der Waals surface area contributed by atoms with Crippen LogP contribution in [0.25, 0.3) is 0 Å². The van der Waals surface area contributed by atoms with Gasteiger partial charge in [-0.25, -0.2) is 0 Å². The van der Waals surface area contributed by atoms with E-state index in [2.05, 4.69) is 60.2 Å². The number of hydrogen-bond donors (Lipinski definition) is 1. The van der Waals surface area contributed by atoms with Crippen LogP contribution in [0.5, 0.6) is 0 Å². The molecule has 0 atom stereocenters. The summed E-state index contributed by atoms with van der Waals surface area (Å²) < 4.78 is 0. The fourth-order valence-electron chi connectivity index (χ4n) is 2.40. The van der Waals surface area contributed by atoms with E-state index in [1.807, 2.05) is 0 Å². The lowest BCUT2D eigenvalue weighted by atomic mass is 10.1. The highest BCUT2D eigenvalue weighted by Gasteiger charge is 2.19. The summed E-state index contributed by atoms with van der Waals surface area (Å²) in [4.78, 5) is 4.78.